The van der Waals surface area contributed by atoms with Crippen LogP contribution in [-0.2, 0) is 0 Å². The minimum atomic E-state index is -0.105. The second-order valence-electron chi connectivity index (χ2n) is 6.02. The SMILES string of the molecule is COc1ccc(OC[C@@H](C)NC(=O)c2ccccc2SC(C)C)cc1. The Bertz CT molecular complexity index is 686. The summed E-state index contributed by atoms with van der Waals surface area (Å²) in [6, 6.07) is 15.0. The molecule has 0 heterocycles. The molecule has 0 saturated heterocycles. The molecule has 0 fully saturated rings. The van der Waals surface area contributed by atoms with Crippen LogP contribution < -0.4 is 14.8 Å². The summed E-state index contributed by atoms with van der Waals surface area (Å²) in [5.41, 5.74) is 0.706. The number of carbonyl (C=O) groups is 1. The van der Waals surface area contributed by atoms with Crippen molar-refractivity contribution in [2.75, 3.05) is 13.7 Å². The molecule has 0 aliphatic rings. The molecule has 4 nitrogen and oxygen atoms in total. The van der Waals surface area contributed by atoms with Crippen molar-refractivity contribution >= 4 is 17.7 Å². The molecule has 0 bridgehead atoms. The minimum Gasteiger partial charge on any atom is -0.497 e. The number of thioether (sulfide) groups is 1. The van der Waals surface area contributed by atoms with Crippen LogP contribution in [0, 0.1) is 0 Å². The van der Waals surface area contributed by atoms with Gasteiger partial charge in [-0.2, -0.15) is 0 Å². The Kier molecular flexibility index (Phi) is 7.19. The van der Waals surface area contributed by atoms with Gasteiger partial charge in [-0.15, -0.1) is 11.8 Å². The topological polar surface area (TPSA) is 47.6 Å². The van der Waals surface area contributed by atoms with E-state index in [-0.39, 0.29) is 11.9 Å². The summed E-state index contributed by atoms with van der Waals surface area (Å²) in [5.74, 6) is 1.46. The molecular formula is C20H25NO3S. The first-order chi connectivity index (χ1) is 12.0. The Balaban J connectivity index is 1.91. The molecule has 2 aromatic carbocycles. The van der Waals surface area contributed by atoms with Crippen LogP contribution in [0.5, 0.6) is 11.5 Å². The highest BCUT2D eigenvalue weighted by Gasteiger charge is 2.15. The standard InChI is InChI=1S/C20H25NO3S/c1-14(2)25-19-8-6-5-7-18(19)20(22)21-15(3)13-24-17-11-9-16(23-4)10-12-17/h5-12,14-15H,13H2,1-4H3,(H,21,22)/t15-/m1/s1. The quantitative estimate of drug-likeness (QED) is 0.710. The van der Waals surface area contributed by atoms with Gasteiger partial charge in [0.25, 0.3) is 5.91 Å². The fraction of sp³-hybridized carbons (Fsp3) is 0.350. The van der Waals surface area contributed by atoms with Crippen molar-refractivity contribution in [2.45, 2.75) is 37.0 Å². The van der Waals surface area contributed by atoms with Gasteiger partial charge >= 0.3 is 0 Å². The normalized spacial score (nSPS) is 11.9. The van der Waals surface area contributed by atoms with Crippen molar-refractivity contribution in [3.05, 3.63) is 54.1 Å². The van der Waals surface area contributed by atoms with Crippen molar-refractivity contribution in [1.29, 1.82) is 0 Å². The number of nitrogens with one attached hydrogen (secondary N) is 1. The molecule has 0 unspecified atom stereocenters. The van der Waals surface area contributed by atoms with Crippen LogP contribution in [0.2, 0.25) is 0 Å². The van der Waals surface area contributed by atoms with E-state index in [1.54, 1.807) is 18.9 Å². The summed E-state index contributed by atoms with van der Waals surface area (Å²) in [4.78, 5) is 13.6. The molecule has 2 aromatic rings. The third-order valence-electron chi connectivity index (χ3n) is 3.43. The van der Waals surface area contributed by atoms with Gasteiger partial charge < -0.3 is 14.8 Å². The lowest BCUT2D eigenvalue weighted by atomic mass is 10.2. The van der Waals surface area contributed by atoms with Crippen LogP contribution in [0.25, 0.3) is 0 Å². The van der Waals surface area contributed by atoms with Gasteiger partial charge in [0.15, 0.2) is 0 Å². The molecule has 1 atom stereocenters. The second-order valence-corrected chi connectivity index (χ2v) is 7.64. The van der Waals surface area contributed by atoms with Crippen molar-refractivity contribution in [1.82, 2.24) is 5.32 Å². The van der Waals surface area contributed by atoms with Gasteiger partial charge in [0.2, 0.25) is 0 Å². The zero-order valence-electron chi connectivity index (χ0n) is 15.1. The van der Waals surface area contributed by atoms with Crippen LogP contribution in [0.4, 0.5) is 0 Å². The van der Waals surface area contributed by atoms with Gasteiger partial charge in [0, 0.05) is 10.1 Å². The zero-order valence-corrected chi connectivity index (χ0v) is 15.9. The highest BCUT2D eigenvalue weighted by Crippen LogP contribution is 2.26. The van der Waals surface area contributed by atoms with Crippen molar-refractivity contribution in [3.63, 3.8) is 0 Å². The minimum absolute atomic E-state index is 0.0745. The first-order valence-electron chi connectivity index (χ1n) is 8.33. The molecule has 0 aliphatic heterocycles. The van der Waals surface area contributed by atoms with E-state index in [2.05, 4.69) is 19.2 Å². The molecular weight excluding hydrogens is 334 g/mol. The summed E-state index contributed by atoms with van der Waals surface area (Å²) in [6.07, 6.45) is 0. The van der Waals surface area contributed by atoms with Crippen molar-refractivity contribution in [3.8, 4) is 11.5 Å². The van der Waals surface area contributed by atoms with E-state index in [9.17, 15) is 4.79 Å². The van der Waals surface area contributed by atoms with E-state index >= 15 is 0 Å². The summed E-state index contributed by atoms with van der Waals surface area (Å²) in [5, 5.41) is 3.42. The predicted octanol–water partition coefficient (Wildman–Crippen LogP) is 4.39. The third-order valence-corrected chi connectivity index (χ3v) is 4.51. The largest absolute Gasteiger partial charge is 0.497 e. The number of hydrogen-bond acceptors (Lipinski definition) is 4. The van der Waals surface area contributed by atoms with Crippen LogP contribution in [0.15, 0.2) is 53.4 Å². The fourth-order valence-corrected chi connectivity index (χ4v) is 3.20. The molecule has 0 radical (unpaired) electrons. The average Bonchev–Trinajstić information content (AvgIpc) is 2.60. The van der Waals surface area contributed by atoms with Gasteiger partial charge in [-0.25, -0.2) is 0 Å². The predicted molar refractivity (Wildman–Crippen MR) is 103 cm³/mol. The highest BCUT2D eigenvalue weighted by molar-refractivity contribution is 8.00. The van der Waals surface area contributed by atoms with Gasteiger partial charge in [0.05, 0.1) is 18.7 Å². The van der Waals surface area contributed by atoms with Crippen LogP contribution in [0.1, 0.15) is 31.1 Å². The Morgan fingerprint density at radius 3 is 2.32 bits per heavy atom. The molecule has 1 amide bonds. The Labute approximate surface area is 153 Å². The molecule has 134 valence electrons. The number of ether oxygens (including phenoxy) is 2. The lowest BCUT2D eigenvalue weighted by Gasteiger charge is -2.17. The van der Waals surface area contributed by atoms with Crippen LogP contribution >= 0.6 is 11.8 Å². The number of methoxy groups -OCH3 is 1. The highest BCUT2D eigenvalue weighted by atomic mass is 32.2. The van der Waals surface area contributed by atoms with Crippen molar-refractivity contribution in [2.24, 2.45) is 0 Å². The summed E-state index contributed by atoms with van der Waals surface area (Å²) >= 11 is 1.69. The lowest BCUT2D eigenvalue weighted by molar-refractivity contribution is 0.0923. The van der Waals surface area contributed by atoms with E-state index in [1.807, 2.05) is 55.5 Å². The van der Waals surface area contributed by atoms with E-state index in [1.165, 1.54) is 0 Å². The lowest BCUT2D eigenvalue weighted by Crippen LogP contribution is -2.37. The Morgan fingerprint density at radius 1 is 1.04 bits per heavy atom. The van der Waals surface area contributed by atoms with Gasteiger partial charge in [-0.05, 0) is 43.3 Å². The molecule has 5 heteroatoms. The van der Waals surface area contributed by atoms with E-state index in [4.69, 9.17) is 9.47 Å². The second kappa shape index (κ2) is 9.37. The molecule has 0 aromatic heterocycles. The number of amides is 1. The Hall–Kier alpha value is -2.14. The number of hydrogen-bond donors (Lipinski definition) is 1. The maximum Gasteiger partial charge on any atom is 0.252 e. The number of benzene rings is 2. The monoisotopic (exact) mass is 359 g/mol. The molecule has 2 rings (SSSR count). The molecule has 0 saturated carbocycles. The van der Waals surface area contributed by atoms with Crippen LogP contribution in [-0.4, -0.2) is 30.9 Å². The molecule has 25 heavy (non-hydrogen) atoms. The van der Waals surface area contributed by atoms with Crippen molar-refractivity contribution < 1.29 is 14.3 Å². The van der Waals surface area contributed by atoms with Gasteiger partial charge in [-0.1, -0.05) is 26.0 Å². The van der Waals surface area contributed by atoms with E-state index in [0.717, 1.165) is 16.4 Å². The Morgan fingerprint density at radius 2 is 1.68 bits per heavy atom. The first-order valence-corrected chi connectivity index (χ1v) is 9.21. The van der Waals surface area contributed by atoms with Gasteiger partial charge in [-0.3, -0.25) is 4.79 Å². The van der Waals surface area contributed by atoms with Crippen LogP contribution in [0.3, 0.4) is 0 Å². The summed E-state index contributed by atoms with van der Waals surface area (Å²) < 4.78 is 10.8. The molecule has 1 N–H and O–H groups in total. The smallest absolute Gasteiger partial charge is 0.252 e. The zero-order chi connectivity index (χ0) is 18.2. The third kappa shape index (κ3) is 6.02. The number of rotatable bonds is 8. The van der Waals surface area contributed by atoms with E-state index < -0.39 is 0 Å². The van der Waals surface area contributed by atoms with E-state index in [0.29, 0.717) is 17.4 Å². The number of carbonyl (C=O) groups excluding carboxylic acids is 1. The fourth-order valence-electron chi connectivity index (χ4n) is 2.25. The maximum absolute atomic E-state index is 12.6. The summed E-state index contributed by atoms with van der Waals surface area (Å²) in [6.45, 7) is 6.56. The molecule has 0 aliphatic carbocycles. The maximum atomic E-state index is 12.6. The average molecular weight is 359 g/mol. The summed E-state index contributed by atoms with van der Waals surface area (Å²) in [7, 11) is 1.63. The van der Waals surface area contributed by atoms with Gasteiger partial charge in [0.1, 0.15) is 18.1 Å². The molecule has 0 spiro atoms. The first kappa shape index (κ1) is 19.2.